The number of rotatable bonds is 4. The van der Waals surface area contributed by atoms with Gasteiger partial charge in [-0.3, -0.25) is 0 Å². The first-order valence-corrected chi connectivity index (χ1v) is 7.00. The molecule has 1 N–H and O–H groups in total. The number of benzene rings is 1. The molecule has 0 saturated carbocycles. The molecule has 1 unspecified atom stereocenters. The molecule has 0 bridgehead atoms. The van der Waals surface area contributed by atoms with Crippen molar-refractivity contribution in [2.24, 2.45) is 5.92 Å². The summed E-state index contributed by atoms with van der Waals surface area (Å²) in [6, 6.07) is 6.94. The first kappa shape index (κ1) is 12.4. The highest BCUT2D eigenvalue weighted by Crippen LogP contribution is 2.25. The number of thiazole rings is 1. The Morgan fingerprint density at radius 3 is 2.76 bits per heavy atom. The maximum Gasteiger partial charge on any atom is 0.0907 e. The molecule has 0 amide bonds. The van der Waals surface area contributed by atoms with Gasteiger partial charge in [-0.25, -0.2) is 4.98 Å². The molecule has 0 radical (unpaired) electrons. The lowest BCUT2D eigenvalue weighted by atomic mass is 10.1. The average Bonchev–Trinajstić information content (AvgIpc) is 2.55. The third-order valence-electron chi connectivity index (χ3n) is 2.73. The summed E-state index contributed by atoms with van der Waals surface area (Å²) in [5.74, 6) is 0.729. The van der Waals surface area contributed by atoms with Gasteiger partial charge in [0.25, 0.3) is 0 Å². The first-order chi connectivity index (χ1) is 8.04. The third-order valence-corrected chi connectivity index (χ3v) is 3.67. The standard InChI is InChI=1S/C14H20N2S/c1-9(2)7-10(3)15-12-5-6-13-14(8-12)17-11(4)16-13/h5-6,8-10,15H,7H2,1-4H3. The van der Waals surface area contributed by atoms with E-state index in [0.717, 1.165) is 16.4 Å². The van der Waals surface area contributed by atoms with Gasteiger partial charge in [-0.1, -0.05) is 13.8 Å². The quantitative estimate of drug-likeness (QED) is 0.864. The molecule has 0 fully saturated rings. The minimum Gasteiger partial charge on any atom is -0.383 e. The van der Waals surface area contributed by atoms with Crippen molar-refractivity contribution in [2.45, 2.75) is 40.2 Å². The molecule has 17 heavy (non-hydrogen) atoms. The Labute approximate surface area is 107 Å². The summed E-state index contributed by atoms with van der Waals surface area (Å²) in [5, 5.41) is 4.69. The van der Waals surface area contributed by atoms with E-state index in [9.17, 15) is 0 Å². The molecule has 2 rings (SSSR count). The number of hydrogen-bond donors (Lipinski definition) is 1. The predicted octanol–water partition coefficient (Wildman–Crippen LogP) is 4.45. The summed E-state index contributed by atoms with van der Waals surface area (Å²) in [6.07, 6.45) is 1.19. The van der Waals surface area contributed by atoms with Gasteiger partial charge in [-0.15, -0.1) is 11.3 Å². The molecule has 2 nitrogen and oxygen atoms in total. The molecule has 0 saturated heterocycles. The Bertz CT molecular complexity index is 502. The molecule has 0 spiro atoms. The Balaban J connectivity index is 2.13. The minimum atomic E-state index is 0.515. The maximum absolute atomic E-state index is 4.47. The van der Waals surface area contributed by atoms with Crippen LogP contribution in [0.3, 0.4) is 0 Å². The molecule has 1 aromatic heterocycles. The summed E-state index contributed by atoms with van der Waals surface area (Å²) < 4.78 is 1.27. The summed E-state index contributed by atoms with van der Waals surface area (Å²) >= 11 is 1.76. The highest BCUT2D eigenvalue weighted by atomic mass is 32.1. The van der Waals surface area contributed by atoms with E-state index in [1.807, 2.05) is 0 Å². The van der Waals surface area contributed by atoms with Crippen LogP contribution in [0, 0.1) is 12.8 Å². The van der Waals surface area contributed by atoms with Gasteiger partial charge in [-0.2, -0.15) is 0 Å². The van der Waals surface area contributed by atoms with Crippen molar-refractivity contribution in [3.8, 4) is 0 Å². The van der Waals surface area contributed by atoms with Gasteiger partial charge in [0, 0.05) is 11.7 Å². The number of anilines is 1. The number of hydrogen-bond acceptors (Lipinski definition) is 3. The molecule has 3 heteroatoms. The SMILES string of the molecule is Cc1nc2ccc(NC(C)CC(C)C)cc2s1. The van der Waals surface area contributed by atoms with Crippen molar-refractivity contribution < 1.29 is 0 Å². The van der Waals surface area contributed by atoms with Crippen LogP contribution in [0.15, 0.2) is 18.2 Å². The normalized spacial score (nSPS) is 13.2. The number of nitrogens with zero attached hydrogens (tertiary/aromatic N) is 1. The molecule has 1 heterocycles. The zero-order valence-electron chi connectivity index (χ0n) is 10.9. The average molecular weight is 248 g/mol. The van der Waals surface area contributed by atoms with Crippen LogP contribution in [0.25, 0.3) is 10.2 Å². The van der Waals surface area contributed by atoms with Crippen molar-refractivity contribution in [2.75, 3.05) is 5.32 Å². The zero-order valence-corrected chi connectivity index (χ0v) is 11.8. The highest BCUT2D eigenvalue weighted by molar-refractivity contribution is 7.18. The van der Waals surface area contributed by atoms with E-state index in [-0.39, 0.29) is 0 Å². The Kier molecular flexibility index (Phi) is 3.67. The van der Waals surface area contributed by atoms with Crippen LogP contribution in [-0.4, -0.2) is 11.0 Å². The molecule has 92 valence electrons. The second kappa shape index (κ2) is 5.05. The molecule has 1 atom stereocenters. The lowest BCUT2D eigenvalue weighted by Gasteiger charge is -2.17. The molecule has 1 aromatic carbocycles. The van der Waals surface area contributed by atoms with Gasteiger partial charge in [0.1, 0.15) is 0 Å². The van der Waals surface area contributed by atoms with Crippen molar-refractivity contribution in [3.63, 3.8) is 0 Å². The lowest BCUT2D eigenvalue weighted by molar-refractivity contribution is 0.540. The molecular formula is C14H20N2S. The van der Waals surface area contributed by atoms with Gasteiger partial charge >= 0.3 is 0 Å². The zero-order chi connectivity index (χ0) is 12.4. The van der Waals surface area contributed by atoms with Gasteiger partial charge in [-0.05, 0) is 44.4 Å². The predicted molar refractivity (Wildman–Crippen MR) is 76.9 cm³/mol. The van der Waals surface area contributed by atoms with Crippen LogP contribution in [0.4, 0.5) is 5.69 Å². The monoisotopic (exact) mass is 248 g/mol. The third kappa shape index (κ3) is 3.19. The fraction of sp³-hybridized carbons (Fsp3) is 0.500. The summed E-state index contributed by atoms with van der Waals surface area (Å²) in [6.45, 7) is 8.81. The Morgan fingerprint density at radius 2 is 2.06 bits per heavy atom. The van der Waals surface area contributed by atoms with E-state index in [1.54, 1.807) is 11.3 Å². The van der Waals surface area contributed by atoms with E-state index in [0.29, 0.717) is 6.04 Å². The van der Waals surface area contributed by atoms with Crippen molar-refractivity contribution >= 4 is 27.2 Å². The van der Waals surface area contributed by atoms with Crippen LogP contribution in [0.5, 0.6) is 0 Å². The summed E-state index contributed by atoms with van der Waals surface area (Å²) in [7, 11) is 0. The number of fused-ring (bicyclic) bond motifs is 1. The van der Waals surface area contributed by atoms with Crippen LogP contribution in [0.1, 0.15) is 32.2 Å². The fourth-order valence-corrected chi connectivity index (χ4v) is 3.05. The van der Waals surface area contributed by atoms with E-state index in [1.165, 1.54) is 16.8 Å². The molecular weight excluding hydrogens is 228 g/mol. The van der Waals surface area contributed by atoms with Gasteiger partial charge in [0.2, 0.25) is 0 Å². The molecule has 0 aliphatic rings. The topological polar surface area (TPSA) is 24.9 Å². The number of nitrogens with one attached hydrogen (secondary N) is 1. The van der Waals surface area contributed by atoms with Crippen LogP contribution < -0.4 is 5.32 Å². The summed E-state index contributed by atoms with van der Waals surface area (Å²) in [4.78, 5) is 4.47. The number of aromatic nitrogens is 1. The lowest BCUT2D eigenvalue weighted by Crippen LogP contribution is -2.17. The van der Waals surface area contributed by atoms with Crippen LogP contribution in [0.2, 0.25) is 0 Å². The summed E-state index contributed by atoms with van der Waals surface area (Å²) in [5.41, 5.74) is 2.31. The Hall–Kier alpha value is -1.09. The van der Waals surface area contributed by atoms with E-state index < -0.39 is 0 Å². The van der Waals surface area contributed by atoms with Gasteiger partial charge in [0.15, 0.2) is 0 Å². The van der Waals surface area contributed by atoms with Crippen LogP contribution >= 0.6 is 11.3 Å². The Morgan fingerprint density at radius 1 is 1.29 bits per heavy atom. The largest absolute Gasteiger partial charge is 0.383 e. The van der Waals surface area contributed by atoms with Gasteiger partial charge < -0.3 is 5.32 Å². The van der Waals surface area contributed by atoms with Crippen LogP contribution in [-0.2, 0) is 0 Å². The number of aryl methyl sites for hydroxylation is 1. The van der Waals surface area contributed by atoms with E-state index >= 15 is 0 Å². The first-order valence-electron chi connectivity index (χ1n) is 6.18. The molecule has 2 aromatic rings. The maximum atomic E-state index is 4.47. The second-order valence-corrected chi connectivity index (χ2v) is 6.33. The minimum absolute atomic E-state index is 0.515. The molecule has 0 aliphatic heterocycles. The van der Waals surface area contributed by atoms with E-state index in [2.05, 4.69) is 56.2 Å². The molecule has 0 aliphatic carbocycles. The fourth-order valence-electron chi connectivity index (χ4n) is 2.18. The van der Waals surface area contributed by atoms with E-state index in [4.69, 9.17) is 0 Å². The van der Waals surface area contributed by atoms with Crippen molar-refractivity contribution in [3.05, 3.63) is 23.2 Å². The van der Waals surface area contributed by atoms with Gasteiger partial charge in [0.05, 0.1) is 15.2 Å². The second-order valence-electron chi connectivity index (χ2n) is 5.09. The smallest absolute Gasteiger partial charge is 0.0907 e. The highest BCUT2D eigenvalue weighted by Gasteiger charge is 2.06. The van der Waals surface area contributed by atoms with Crippen molar-refractivity contribution in [1.29, 1.82) is 0 Å². The van der Waals surface area contributed by atoms with Crippen molar-refractivity contribution in [1.82, 2.24) is 4.98 Å².